The van der Waals surface area contributed by atoms with Gasteiger partial charge in [-0.1, -0.05) is 19.1 Å². The summed E-state index contributed by atoms with van der Waals surface area (Å²) in [6.45, 7) is 9.07. The SMILES string of the molecule is Cc1cc(OC2CCCC2)cc(-c2cnc(N3CC(C)CC3(C)C)c(C(=O)NS(=O)(=O)c3cccc(N)n3)c2)c1. The molecule has 40 heavy (non-hydrogen) atoms. The van der Waals surface area contributed by atoms with Crippen LogP contribution < -0.4 is 20.1 Å². The molecule has 212 valence electrons. The van der Waals surface area contributed by atoms with E-state index >= 15 is 0 Å². The number of aromatic nitrogens is 2. The third-order valence-corrected chi connectivity index (χ3v) is 8.91. The third kappa shape index (κ3) is 5.91. The second-order valence-corrected chi connectivity index (χ2v) is 13.4. The van der Waals surface area contributed by atoms with Crippen LogP contribution in [0.1, 0.15) is 68.8 Å². The summed E-state index contributed by atoms with van der Waals surface area (Å²) < 4.78 is 34.6. The molecule has 1 atom stereocenters. The predicted molar refractivity (Wildman–Crippen MR) is 156 cm³/mol. The number of anilines is 2. The molecular formula is C30H37N5O4S. The fourth-order valence-electron chi connectivity index (χ4n) is 5.95. The zero-order valence-corrected chi connectivity index (χ0v) is 24.3. The van der Waals surface area contributed by atoms with Crippen molar-refractivity contribution in [3.05, 3.63) is 59.8 Å². The molecule has 3 N–H and O–H groups in total. The number of ether oxygens (including phenoxy) is 1. The zero-order valence-electron chi connectivity index (χ0n) is 23.5. The molecule has 1 aliphatic heterocycles. The first-order chi connectivity index (χ1) is 18.9. The van der Waals surface area contributed by atoms with Crippen molar-refractivity contribution < 1.29 is 17.9 Å². The number of amides is 1. The molecule has 1 saturated heterocycles. The molecule has 3 heterocycles. The first-order valence-corrected chi connectivity index (χ1v) is 15.3. The summed E-state index contributed by atoms with van der Waals surface area (Å²) in [5.74, 6) is 0.879. The number of aryl methyl sites for hydroxylation is 1. The monoisotopic (exact) mass is 563 g/mol. The summed E-state index contributed by atoms with van der Waals surface area (Å²) in [6.07, 6.45) is 7.31. The first kappa shape index (κ1) is 27.9. The fourth-order valence-corrected chi connectivity index (χ4v) is 6.89. The number of nitrogens with zero attached hydrogens (tertiary/aromatic N) is 3. The topological polar surface area (TPSA) is 128 Å². The van der Waals surface area contributed by atoms with E-state index in [1.165, 1.54) is 31.0 Å². The van der Waals surface area contributed by atoms with Crippen molar-refractivity contribution in [2.45, 2.75) is 76.5 Å². The molecular weight excluding hydrogens is 526 g/mol. The molecule has 5 rings (SSSR count). The van der Waals surface area contributed by atoms with Crippen LogP contribution in [-0.4, -0.2) is 42.5 Å². The zero-order chi connectivity index (χ0) is 28.7. The lowest BCUT2D eigenvalue weighted by Gasteiger charge is -2.33. The lowest BCUT2D eigenvalue weighted by molar-refractivity contribution is 0.0981. The van der Waals surface area contributed by atoms with Crippen molar-refractivity contribution in [3.63, 3.8) is 0 Å². The van der Waals surface area contributed by atoms with Crippen LogP contribution in [0.2, 0.25) is 0 Å². The fraction of sp³-hybridized carbons (Fsp3) is 0.433. The van der Waals surface area contributed by atoms with Crippen LogP contribution >= 0.6 is 0 Å². The van der Waals surface area contributed by atoms with E-state index in [4.69, 9.17) is 15.5 Å². The van der Waals surface area contributed by atoms with E-state index in [0.717, 1.165) is 36.1 Å². The van der Waals surface area contributed by atoms with Gasteiger partial charge in [-0.25, -0.2) is 14.7 Å². The average Bonchev–Trinajstić information content (AvgIpc) is 3.49. The minimum atomic E-state index is -4.27. The summed E-state index contributed by atoms with van der Waals surface area (Å²) >= 11 is 0. The second kappa shape index (κ2) is 10.7. The molecule has 2 fully saturated rings. The molecule has 10 heteroatoms. The van der Waals surface area contributed by atoms with Gasteiger partial charge < -0.3 is 15.4 Å². The number of benzene rings is 1. The molecule has 1 saturated carbocycles. The number of hydrogen-bond donors (Lipinski definition) is 2. The van der Waals surface area contributed by atoms with E-state index in [1.807, 2.05) is 25.1 Å². The van der Waals surface area contributed by atoms with Crippen LogP contribution in [0, 0.1) is 12.8 Å². The van der Waals surface area contributed by atoms with Crippen LogP contribution in [0.15, 0.2) is 53.7 Å². The van der Waals surface area contributed by atoms with Gasteiger partial charge in [0.15, 0.2) is 5.03 Å². The number of rotatable bonds is 7. The summed E-state index contributed by atoms with van der Waals surface area (Å²) in [7, 11) is -4.27. The van der Waals surface area contributed by atoms with E-state index in [2.05, 4.69) is 35.4 Å². The highest BCUT2D eigenvalue weighted by Gasteiger charge is 2.39. The van der Waals surface area contributed by atoms with Gasteiger partial charge in [-0.3, -0.25) is 4.79 Å². The Labute approximate surface area is 236 Å². The number of hydrogen-bond acceptors (Lipinski definition) is 8. The van der Waals surface area contributed by atoms with Gasteiger partial charge in [-0.15, -0.1) is 0 Å². The Morgan fingerprint density at radius 1 is 1.12 bits per heavy atom. The minimum Gasteiger partial charge on any atom is -0.490 e. The van der Waals surface area contributed by atoms with Gasteiger partial charge in [0.2, 0.25) is 0 Å². The minimum absolute atomic E-state index is 0.0440. The normalized spacial score (nSPS) is 19.1. The first-order valence-electron chi connectivity index (χ1n) is 13.8. The number of nitrogen functional groups attached to an aromatic ring is 1. The average molecular weight is 564 g/mol. The summed E-state index contributed by atoms with van der Waals surface area (Å²) in [5, 5.41) is -0.325. The van der Waals surface area contributed by atoms with Gasteiger partial charge in [0.1, 0.15) is 17.4 Å². The van der Waals surface area contributed by atoms with Crippen molar-refractivity contribution in [3.8, 4) is 16.9 Å². The highest BCUT2D eigenvalue weighted by atomic mass is 32.2. The van der Waals surface area contributed by atoms with Gasteiger partial charge in [-0.2, -0.15) is 8.42 Å². The highest BCUT2D eigenvalue weighted by Crippen LogP contribution is 2.39. The van der Waals surface area contributed by atoms with E-state index in [1.54, 1.807) is 12.3 Å². The van der Waals surface area contributed by atoms with Gasteiger partial charge in [0, 0.05) is 23.8 Å². The van der Waals surface area contributed by atoms with Crippen molar-refractivity contribution >= 4 is 27.6 Å². The van der Waals surface area contributed by atoms with Crippen molar-refractivity contribution in [1.29, 1.82) is 0 Å². The molecule has 1 aromatic carbocycles. The van der Waals surface area contributed by atoms with Crippen molar-refractivity contribution in [2.75, 3.05) is 17.2 Å². The van der Waals surface area contributed by atoms with Gasteiger partial charge in [-0.05, 0) is 100 Å². The summed E-state index contributed by atoms with van der Waals surface area (Å²) in [5.41, 5.74) is 8.16. The standard InChI is InChI=1S/C30H37N5O4S/c1-19-12-21(14-24(13-19)39-23-8-5-6-9-23)22-15-25(28(32-17-22)35-18-20(2)16-30(35,3)4)29(36)34-40(37,38)27-11-7-10-26(31)33-27/h7,10-15,17,20,23H,5-6,8-9,16,18H2,1-4H3,(H2,31,33)(H,34,36). The molecule has 1 amide bonds. The van der Waals surface area contributed by atoms with E-state index in [0.29, 0.717) is 23.8 Å². The number of carbonyl (C=O) groups is 1. The number of sulfonamides is 1. The number of carbonyl (C=O) groups excluding carboxylic acids is 1. The number of nitrogens with one attached hydrogen (secondary N) is 1. The Hall–Kier alpha value is -3.66. The molecule has 3 aromatic rings. The van der Waals surface area contributed by atoms with Gasteiger partial charge >= 0.3 is 0 Å². The molecule has 1 unspecified atom stereocenters. The van der Waals surface area contributed by atoms with E-state index in [9.17, 15) is 13.2 Å². The Morgan fingerprint density at radius 2 is 1.88 bits per heavy atom. The Kier molecular flexibility index (Phi) is 7.48. The van der Waals surface area contributed by atoms with Crippen molar-refractivity contribution in [1.82, 2.24) is 14.7 Å². The largest absolute Gasteiger partial charge is 0.490 e. The van der Waals surface area contributed by atoms with Crippen LogP contribution in [0.4, 0.5) is 11.6 Å². The lowest BCUT2D eigenvalue weighted by Crippen LogP contribution is -2.41. The maximum atomic E-state index is 13.7. The number of nitrogens with two attached hydrogens (primary N) is 1. The maximum Gasteiger partial charge on any atom is 0.281 e. The molecule has 0 spiro atoms. The Balaban J connectivity index is 1.55. The van der Waals surface area contributed by atoms with E-state index in [-0.39, 0.29) is 28.1 Å². The Morgan fingerprint density at radius 3 is 2.55 bits per heavy atom. The predicted octanol–water partition coefficient (Wildman–Crippen LogP) is 5.10. The molecule has 2 aliphatic rings. The molecule has 1 aliphatic carbocycles. The molecule has 0 radical (unpaired) electrons. The smallest absolute Gasteiger partial charge is 0.281 e. The van der Waals surface area contributed by atoms with Gasteiger partial charge in [0.25, 0.3) is 15.9 Å². The summed E-state index contributed by atoms with van der Waals surface area (Å²) in [4.78, 5) is 24.4. The third-order valence-electron chi connectivity index (χ3n) is 7.68. The second-order valence-electron chi connectivity index (χ2n) is 11.7. The van der Waals surface area contributed by atoms with Crippen LogP contribution in [0.3, 0.4) is 0 Å². The van der Waals surface area contributed by atoms with Crippen LogP contribution in [0.5, 0.6) is 5.75 Å². The quantitative estimate of drug-likeness (QED) is 0.407. The van der Waals surface area contributed by atoms with Crippen LogP contribution in [-0.2, 0) is 10.0 Å². The lowest BCUT2D eigenvalue weighted by atomic mass is 9.97. The molecule has 0 bridgehead atoms. The van der Waals surface area contributed by atoms with Gasteiger partial charge in [0.05, 0.1) is 11.7 Å². The maximum absolute atomic E-state index is 13.7. The van der Waals surface area contributed by atoms with Crippen LogP contribution in [0.25, 0.3) is 11.1 Å². The molecule has 2 aromatic heterocycles. The summed E-state index contributed by atoms with van der Waals surface area (Å²) in [6, 6.07) is 11.9. The Bertz CT molecular complexity index is 1530. The van der Waals surface area contributed by atoms with Crippen molar-refractivity contribution in [2.24, 2.45) is 5.92 Å². The molecule has 9 nitrogen and oxygen atoms in total. The van der Waals surface area contributed by atoms with E-state index < -0.39 is 15.9 Å². The highest BCUT2D eigenvalue weighted by molar-refractivity contribution is 7.90. The number of pyridine rings is 2.